The molecule has 4 heteroatoms. The molecule has 0 aromatic rings. The highest BCUT2D eigenvalue weighted by Crippen LogP contribution is 2.41. The Morgan fingerprint density at radius 3 is 2.00 bits per heavy atom. The molecule has 1 aliphatic carbocycles. The van der Waals surface area contributed by atoms with Crippen LogP contribution in [0.25, 0.3) is 0 Å². The van der Waals surface area contributed by atoms with E-state index in [0.29, 0.717) is 12.8 Å². The molecule has 0 atom stereocenters. The molecule has 0 unspecified atom stereocenters. The van der Waals surface area contributed by atoms with Gasteiger partial charge in [0.25, 0.3) is 0 Å². The molecule has 0 saturated heterocycles. The lowest BCUT2D eigenvalue weighted by atomic mass is 9.68. The monoisotopic (exact) mass is 199 g/mol. The molecular weight excluding hydrogens is 182 g/mol. The Labute approximate surface area is 83.7 Å². The Hall–Kier alpha value is -1.06. The number of carboxylic acids is 1. The largest absolute Gasteiger partial charge is 0.480 e. The van der Waals surface area contributed by atoms with Gasteiger partial charge in [0.1, 0.15) is 5.41 Å². The summed E-state index contributed by atoms with van der Waals surface area (Å²) in [5.74, 6) is -1.34. The van der Waals surface area contributed by atoms with Crippen LogP contribution in [0.4, 0.5) is 0 Å². The van der Waals surface area contributed by atoms with E-state index in [2.05, 4.69) is 5.32 Å². The van der Waals surface area contributed by atoms with Gasteiger partial charge in [0.15, 0.2) is 0 Å². The lowest BCUT2D eigenvalue weighted by Crippen LogP contribution is -2.55. The normalized spacial score (nSPS) is 19.6. The minimum Gasteiger partial charge on any atom is -0.480 e. The Morgan fingerprint density at radius 2 is 1.79 bits per heavy atom. The number of carbonyl (C=O) groups excluding carboxylic acids is 1. The lowest BCUT2D eigenvalue weighted by Gasteiger charge is -2.38. The van der Waals surface area contributed by atoms with Gasteiger partial charge in [-0.25, -0.2) is 0 Å². The van der Waals surface area contributed by atoms with Gasteiger partial charge in [-0.3, -0.25) is 9.59 Å². The van der Waals surface area contributed by atoms with Crippen LogP contribution in [0.1, 0.15) is 40.0 Å². The topological polar surface area (TPSA) is 66.4 Å². The minimum absolute atomic E-state index is 0.344. The zero-order chi connectivity index (χ0) is 11.0. The van der Waals surface area contributed by atoms with Crippen LogP contribution in [0.2, 0.25) is 0 Å². The van der Waals surface area contributed by atoms with Gasteiger partial charge < -0.3 is 10.4 Å². The summed E-state index contributed by atoms with van der Waals surface area (Å²) in [6, 6.07) is 0. The number of rotatable bonds is 2. The van der Waals surface area contributed by atoms with Gasteiger partial charge in [0.05, 0.1) is 0 Å². The maximum absolute atomic E-state index is 11.7. The highest BCUT2D eigenvalue weighted by atomic mass is 16.4. The Morgan fingerprint density at radius 1 is 1.29 bits per heavy atom. The fraction of sp³-hybridized carbons (Fsp3) is 0.800. The van der Waals surface area contributed by atoms with Crippen LogP contribution in [0.5, 0.6) is 0 Å². The predicted octanol–water partition coefficient (Wildman–Crippen LogP) is 1.16. The van der Waals surface area contributed by atoms with Crippen molar-refractivity contribution in [3.8, 4) is 0 Å². The van der Waals surface area contributed by atoms with E-state index in [4.69, 9.17) is 5.11 Å². The lowest BCUT2D eigenvalue weighted by molar-refractivity contribution is -0.162. The molecule has 1 saturated carbocycles. The van der Waals surface area contributed by atoms with Crippen molar-refractivity contribution in [2.45, 2.75) is 45.6 Å². The fourth-order valence-electron chi connectivity index (χ4n) is 1.53. The number of aliphatic carboxylic acids is 1. The molecule has 0 heterocycles. The first-order valence-electron chi connectivity index (χ1n) is 4.84. The molecule has 4 nitrogen and oxygen atoms in total. The number of carbonyl (C=O) groups is 2. The van der Waals surface area contributed by atoms with Crippen molar-refractivity contribution >= 4 is 11.9 Å². The molecule has 1 aliphatic rings. The van der Waals surface area contributed by atoms with E-state index >= 15 is 0 Å². The first-order chi connectivity index (χ1) is 6.28. The first kappa shape index (κ1) is 11.0. The van der Waals surface area contributed by atoms with E-state index in [9.17, 15) is 9.59 Å². The Bertz CT molecular complexity index is 261. The van der Waals surface area contributed by atoms with E-state index in [-0.39, 0.29) is 11.4 Å². The fourth-order valence-corrected chi connectivity index (χ4v) is 1.53. The van der Waals surface area contributed by atoms with Crippen molar-refractivity contribution in [1.29, 1.82) is 0 Å². The summed E-state index contributed by atoms with van der Waals surface area (Å²) in [5.41, 5.74) is -1.51. The van der Waals surface area contributed by atoms with Gasteiger partial charge in [-0.15, -0.1) is 0 Å². The SMILES string of the molecule is CC(C)(C)NC(=O)C1(C(=O)O)CCC1. The maximum Gasteiger partial charge on any atom is 0.319 e. The third-order valence-corrected chi connectivity index (χ3v) is 2.54. The van der Waals surface area contributed by atoms with Gasteiger partial charge in [0.2, 0.25) is 5.91 Å². The predicted molar refractivity (Wildman–Crippen MR) is 51.8 cm³/mol. The number of hydrogen-bond donors (Lipinski definition) is 2. The first-order valence-corrected chi connectivity index (χ1v) is 4.84. The zero-order valence-corrected chi connectivity index (χ0v) is 8.89. The summed E-state index contributed by atoms with van der Waals surface area (Å²) in [6.07, 6.45) is 1.75. The highest BCUT2D eigenvalue weighted by Gasteiger charge is 2.51. The van der Waals surface area contributed by atoms with Gasteiger partial charge in [-0.05, 0) is 33.6 Å². The second-order valence-corrected chi connectivity index (χ2v) is 4.94. The molecule has 1 fully saturated rings. The summed E-state index contributed by atoms with van der Waals surface area (Å²) in [7, 11) is 0. The molecule has 0 aromatic heterocycles. The van der Waals surface area contributed by atoms with Crippen molar-refractivity contribution in [3.63, 3.8) is 0 Å². The van der Waals surface area contributed by atoms with Crippen LogP contribution < -0.4 is 5.32 Å². The maximum atomic E-state index is 11.7. The van der Waals surface area contributed by atoms with E-state index in [1.807, 2.05) is 20.8 Å². The van der Waals surface area contributed by atoms with Crippen molar-refractivity contribution in [1.82, 2.24) is 5.32 Å². The molecule has 80 valence electrons. The van der Waals surface area contributed by atoms with Crippen molar-refractivity contribution in [3.05, 3.63) is 0 Å². The average Bonchev–Trinajstić information content (AvgIpc) is 1.76. The molecule has 0 aliphatic heterocycles. The van der Waals surface area contributed by atoms with Gasteiger partial charge >= 0.3 is 5.97 Å². The summed E-state index contributed by atoms with van der Waals surface area (Å²) in [5, 5.41) is 11.7. The third kappa shape index (κ3) is 1.89. The second-order valence-electron chi connectivity index (χ2n) is 4.94. The van der Waals surface area contributed by atoms with Crippen LogP contribution in [-0.4, -0.2) is 22.5 Å². The van der Waals surface area contributed by atoms with Crippen molar-refractivity contribution in [2.24, 2.45) is 5.41 Å². The standard InChI is InChI=1S/C10H17NO3/c1-9(2,3)11-7(12)10(8(13)14)5-4-6-10/h4-6H2,1-3H3,(H,11,12)(H,13,14). The molecule has 0 radical (unpaired) electrons. The van der Waals surface area contributed by atoms with Crippen LogP contribution >= 0.6 is 0 Å². The van der Waals surface area contributed by atoms with Crippen LogP contribution in [-0.2, 0) is 9.59 Å². The van der Waals surface area contributed by atoms with Crippen LogP contribution in [0.15, 0.2) is 0 Å². The van der Waals surface area contributed by atoms with Gasteiger partial charge in [0, 0.05) is 5.54 Å². The molecule has 0 bridgehead atoms. The number of carboxylic acid groups (broad SMARTS) is 1. The summed E-state index contributed by atoms with van der Waals surface area (Å²) in [6.45, 7) is 5.54. The zero-order valence-electron chi connectivity index (χ0n) is 8.89. The van der Waals surface area contributed by atoms with E-state index in [1.54, 1.807) is 0 Å². The van der Waals surface area contributed by atoms with Gasteiger partial charge in [-0.2, -0.15) is 0 Å². The van der Waals surface area contributed by atoms with Crippen molar-refractivity contribution < 1.29 is 14.7 Å². The molecule has 2 N–H and O–H groups in total. The van der Waals surface area contributed by atoms with Crippen LogP contribution in [0, 0.1) is 5.41 Å². The van der Waals surface area contributed by atoms with E-state index < -0.39 is 11.4 Å². The highest BCUT2D eigenvalue weighted by molar-refractivity contribution is 6.03. The molecule has 14 heavy (non-hydrogen) atoms. The summed E-state index contributed by atoms with van der Waals surface area (Å²) >= 11 is 0. The molecule has 1 amide bonds. The molecular formula is C10H17NO3. The molecule has 1 rings (SSSR count). The smallest absolute Gasteiger partial charge is 0.319 e. The number of nitrogens with one attached hydrogen (secondary N) is 1. The Kier molecular flexibility index (Phi) is 2.56. The quantitative estimate of drug-likeness (QED) is 0.656. The average molecular weight is 199 g/mol. The van der Waals surface area contributed by atoms with Crippen molar-refractivity contribution in [2.75, 3.05) is 0 Å². The summed E-state index contributed by atoms with van der Waals surface area (Å²) < 4.78 is 0. The number of amides is 1. The van der Waals surface area contributed by atoms with Gasteiger partial charge in [-0.1, -0.05) is 6.42 Å². The number of hydrogen-bond acceptors (Lipinski definition) is 2. The van der Waals surface area contributed by atoms with E-state index in [0.717, 1.165) is 6.42 Å². The van der Waals surface area contributed by atoms with Crippen LogP contribution in [0.3, 0.4) is 0 Å². The van der Waals surface area contributed by atoms with E-state index in [1.165, 1.54) is 0 Å². The second kappa shape index (κ2) is 3.26. The molecule has 0 aromatic carbocycles. The Balaban J connectivity index is 2.72. The molecule has 0 spiro atoms. The summed E-state index contributed by atoms with van der Waals surface area (Å²) in [4.78, 5) is 22.7. The third-order valence-electron chi connectivity index (χ3n) is 2.54. The minimum atomic E-state index is -1.15.